The van der Waals surface area contributed by atoms with Gasteiger partial charge in [-0.05, 0) is 44.6 Å². The van der Waals surface area contributed by atoms with E-state index in [-0.39, 0.29) is 23.2 Å². The third-order valence-corrected chi connectivity index (χ3v) is 4.49. The van der Waals surface area contributed by atoms with Gasteiger partial charge in [0.05, 0.1) is 11.5 Å². The van der Waals surface area contributed by atoms with E-state index >= 15 is 0 Å². The van der Waals surface area contributed by atoms with Crippen molar-refractivity contribution in [2.24, 2.45) is 0 Å². The highest BCUT2D eigenvalue weighted by atomic mass is 35.5. The Hall–Kier alpha value is -1.31. The second kappa shape index (κ2) is 11.3. The lowest BCUT2D eigenvalue weighted by molar-refractivity contribution is -0.130. The van der Waals surface area contributed by atoms with Crippen LogP contribution in [0.4, 0.5) is 0 Å². The molecule has 0 atom stereocenters. The molecule has 0 fully saturated rings. The molecule has 0 aliphatic rings. The second-order valence-corrected chi connectivity index (χ2v) is 7.49. The van der Waals surface area contributed by atoms with Crippen LogP contribution in [-0.4, -0.2) is 59.3 Å². The third-order valence-electron chi connectivity index (χ3n) is 3.38. The van der Waals surface area contributed by atoms with Crippen molar-refractivity contribution in [3.05, 3.63) is 24.3 Å². The second-order valence-electron chi connectivity index (χ2n) is 5.47. The quantitative estimate of drug-likeness (QED) is 0.627. The van der Waals surface area contributed by atoms with Gasteiger partial charge in [-0.3, -0.25) is 4.79 Å². The highest BCUT2D eigenvalue weighted by Crippen LogP contribution is 2.17. The summed E-state index contributed by atoms with van der Waals surface area (Å²) in [7, 11) is 0.419. The van der Waals surface area contributed by atoms with Crippen molar-refractivity contribution in [3.8, 4) is 5.75 Å². The van der Waals surface area contributed by atoms with E-state index in [1.54, 1.807) is 30.1 Å². The zero-order valence-electron chi connectivity index (χ0n) is 14.4. The van der Waals surface area contributed by atoms with Crippen LogP contribution in [0.25, 0.3) is 0 Å². The molecule has 0 saturated carbocycles. The number of nitrogens with zero attached hydrogens (tertiary/aromatic N) is 1. The minimum atomic E-state index is -3.23. The highest BCUT2D eigenvalue weighted by molar-refractivity contribution is 7.90. The molecule has 6 nitrogen and oxygen atoms in total. The number of halogens is 1. The maximum Gasteiger partial charge on any atom is 0.222 e. The van der Waals surface area contributed by atoms with E-state index < -0.39 is 9.84 Å². The molecule has 0 aromatic heterocycles. The minimum absolute atomic E-state index is 0. The Kier molecular flexibility index (Phi) is 10.7. The minimum Gasteiger partial charge on any atom is -0.493 e. The molecule has 0 radical (unpaired) electrons. The first-order valence-electron chi connectivity index (χ1n) is 7.66. The number of nitrogens with one attached hydrogen (secondary N) is 1. The lowest BCUT2D eigenvalue weighted by Crippen LogP contribution is -2.29. The van der Waals surface area contributed by atoms with Gasteiger partial charge >= 0.3 is 0 Å². The first kappa shape index (κ1) is 22.7. The summed E-state index contributed by atoms with van der Waals surface area (Å²) in [6.07, 6.45) is 3.22. The molecule has 24 heavy (non-hydrogen) atoms. The Balaban J connectivity index is 0.00000529. The van der Waals surface area contributed by atoms with Gasteiger partial charge in [-0.1, -0.05) is 6.07 Å². The zero-order valence-corrected chi connectivity index (χ0v) is 16.1. The summed E-state index contributed by atoms with van der Waals surface area (Å²) in [6, 6.07) is 6.44. The molecule has 0 unspecified atom stereocenters. The van der Waals surface area contributed by atoms with Crippen molar-refractivity contribution in [2.45, 2.75) is 24.2 Å². The van der Waals surface area contributed by atoms with Crippen LogP contribution in [0.15, 0.2) is 29.2 Å². The van der Waals surface area contributed by atoms with E-state index in [0.717, 1.165) is 13.0 Å². The van der Waals surface area contributed by atoms with Crippen molar-refractivity contribution in [3.63, 3.8) is 0 Å². The van der Waals surface area contributed by atoms with Gasteiger partial charge in [-0.15, -0.1) is 12.4 Å². The van der Waals surface area contributed by atoms with Crippen molar-refractivity contribution >= 4 is 28.2 Å². The van der Waals surface area contributed by atoms with Crippen LogP contribution in [0.3, 0.4) is 0 Å². The zero-order chi connectivity index (χ0) is 17.3. The van der Waals surface area contributed by atoms with Crippen LogP contribution in [-0.2, 0) is 14.6 Å². The first-order chi connectivity index (χ1) is 10.8. The molecule has 0 aliphatic heterocycles. The first-order valence-corrected chi connectivity index (χ1v) is 9.55. The number of amides is 1. The molecule has 1 aromatic rings. The Morgan fingerprint density at radius 1 is 1.29 bits per heavy atom. The fraction of sp³-hybridized carbons (Fsp3) is 0.562. The summed E-state index contributed by atoms with van der Waals surface area (Å²) in [5.74, 6) is 0.648. The van der Waals surface area contributed by atoms with E-state index in [2.05, 4.69) is 5.32 Å². The summed E-state index contributed by atoms with van der Waals surface area (Å²) < 4.78 is 28.5. The van der Waals surface area contributed by atoms with E-state index in [0.29, 0.717) is 31.7 Å². The summed E-state index contributed by atoms with van der Waals surface area (Å²) in [5, 5.41) is 3.01. The van der Waals surface area contributed by atoms with E-state index in [1.807, 2.05) is 7.05 Å². The predicted octanol–water partition coefficient (Wildman–Crippen LogP) is 1.74. The molecular formula is C16H27ClN2O4S. The molecule has 1 aromatic carbocycles. The smallest absolute Gasteiger partial charge is 0.222 e. The lowest BCUT2D eigenvalue weighted by Gasteiger charge is -2.17. The number of ether oxygens (including phenoxy) is 1. The van der Waals surface area contributed by atoms with Gasteiger partial charge in [-0.25, -0.2) is 8.42 Å². The maximum atomic E-state index is 11.8. The number of carbonyl (C=O) groups is 1. The monoisotopic (exact) mass is 378 g/mol. The SMILES string of the molecule is CNCCCC(=O)N(C)CCCOc1cccc(S(C)(=O)=O)c1.Cl. The van der Waals surface area contributed by atoms with Gasteiger partial charge in [0.1, 0.15) is 5.75 Å². The molecular weight excluding hydrogens is 352 g/mol. The van der Waals surface area contributed by atoms with E-state index in [4.69, 9.17) is 4.74 Å². The van der Waals surface area contributed by atoms with Crippen molar-refractivity contribution in [1.82, 2.24) is 10.2 Å². The normalized spacial score (nSPS) is 10.8. The van der Waals surface area contributed by atoms with Crippen LogP contribution in [0.5, 0.6) is 5.75 Å². The topological polar surface area (TPSA) is 75.7 Å². The Morgan fingerprint density at radius 3 is 2.62 bits per heavy atom. The van der Waals surface area contributed by atoms with Crippen LogP contribution >= 0.6 is 12.4 Å². The predicted molar refractivity (Wildman–Crippen MR) is 97.7 cm³/mol. The number of benzene rings is 1. The molecule has 8 heteroatoms. The van der Waals surface area contributed by atoms with Gasteiger partial charge in [0.25, 0.3) is 0 Å². The highest BCUT2D eigenvalue weighted by Gasteiger charge is 2.09. The fourth-order valence-electron chi connectivity index (χ4n) is 2.02. The summed E-state index contributed by atoms with van der Waals surface area (Å²) >= 11 is 0. The van der Waals surface area contributed by atoms with Crippen LogP contribution < -0.4 is 10.1 Å². The summed E-state index contributed by atoms with van der Waals surface area (Å²) in [5.41, 5.74) is 0. The average Bonchev–Trinajstić information content (AvgIpc) is 2.51. The molecule has 1 amide bonds. The van der Waals surface area contributed by atoms with Crippen LogP contribution in [0.1, 0.15) is 19.3 Å². The molecule has 0 aliphatic carbocycles. The number of rotatable bonds is 10. The van der Waals surface area contributed by atoms with Gasteiger partial charge < -0.3 is 15.0 Å². The van der Waals surface area contributed by atoms with Gasteiger partial charge in [0.2, 0.25) is 5.91 Å². The summed E-state index contributed by atoms with van der Waals surface area (Å²) in [6.45, 7) is 1.88. The number of carbonyl (C=O) groups excluding carboxylic acids is 1. The molecule has 0 spiro atoms. The number of hydrogen-bond donors (Lipinski definition) is 1. The molecule has 1 N–H and O–H groups in total. The van der Waals surface area contributed by atoms with Gasteiger partial charge in [0, 0.05) is 26.3 Å². The fourth-order valence-corrected chi connectivity index (χ4v) is 2.67. The maximum absolute atomic E-state index is 11.8. The average molecular weight is 379 g/mol. The molecule has 0 saturated heterocycles. The number of hydrogen-bond acceptors (Lipinski definition) is 5. The van der Waals surface area contributed by atoms with Crippen LogP contribution in [0.2, 0.25) is 0 Å². The molecule has 138 valence electrons. The Labute approximate surface area is 150 Å². The molecule has 1 rings (SSSR count). The van der Waals surface area contributed by atoms with Crippen molar-refractivity contribution < 1.29 is 17.9 Å². The van der Waals surface area contributed by atoms with Crippen molar-refractivity contribution in [2.75, 3.05) is 40.0 Å². The Morgan fingerprint density at radius 2 is 2.00 bits per heavy atom. The number of sulfone groups is 1. The van der Waals surface area contributed by atoms with Crippen molar-refractivity contribution in [1.29, 1.82) is 0 Å². The van der Waals surface area contributed by atoms with Gasteiger partial charge in [0.15, 0.2) is 9.84 Å². The standard InChI is InChI=1S/C16H26N2O4S.ClH/c1-17-10-5-9-16(19)18(2)11-6-12-22-14-7-4-8-15(13-14)23(3,20)21;/h4,7-8,13,17H,5-6,9-12H2,1-3H3;1H. The van der Waals surface area contributed by atoms with E-state index in [9.17, 15) is 13.2 Å². The Bertz CT molecular complexity index is 608. The molecule has 0 heterocycles. The third kappa shape index (κ3) is 8.52. The largest absolute Gasteiger partial charge is 0.493 e. The summed E-state index contributed by atoms with van der Waals surface area (Å²) in [4.78, 5) is 13.8. The van der Waals surface area contributed by atoms with Crippen LogP contribution in [0, 0.1) is 0 Å². The lowest BCUT2D eigenvalue weighted by atomic mass is 10.2. The van der Waals surface area contributed by atoms with E-state index in [1.165, 1.54) is 12.3 Å². The molecule has 0 bridgehead atoms. The van der Waals surface area contributed by atoms with Gasteiger partial charge in [-0.2, -0.15) is 0 Å².